The Kier molecular flexibility index (Phi) is 4.05. The van der Waals surface area contributed by atoms with Crippen molar-refractivity contribution < 1.29 is 0 Å². The molecule has 4 fully saturated rings. The van der Waals surface area contributed by atoms with E-state index in [2.05, 4.69) is 9.80 Å². The van der Waals surface area contributed by atoms with E-state index >= 15 is 0 Å². The Labute approximate surface area is 124 Å². The van der Waals surface area contributed by atoms with Gasteiger partial charge in [0, 0.05) is 12.1 Å². The molecule has 4 aliphatic rings. The SMILES string of the molecule is C1CCCN(C2CCN([C@@H]3C[C@@H]4CC[C@@H]3C4)CC2)CC1. The second-order valence-corrected chi connectivity index (χ2v) is 7.96. The lowest BCUT2D eigenvalue weighted by molar-refractivity contribution is 0.0654. The van der Waals surface area contributed by atoms with Crippen LogP contribution in [0.5, 0.6) is 0 Å². The van der Waals surface area contributed by atoms with Gasteiger partial charge in [0.2, 0.25) is 0 Å². The van der Waals surface area contributed by atoms with Gasteiger partial charge in [0.15, 0.2) is 0 Å². The van der Waals surface area contributed by atoms with E-state index in [4.69, 9.17) is 0 Å². The van der Waals surface area contributed by atoms with Crippen LogP contribution in [0.15, 0.2) is 0 Å². The molecule has 2 saturated heterocycles. The number of rotatable bonds is 2. The zero-order valence-electron chi connectivity index (χ0n) is 13.1. The Morgan fingerprint density at radius 3 is 1.95 bits per heavy atom. The topological polar surface area (TPSA) is 6.48 Å². The highest BCUT2D eigenvalue weighted by Crippen LogP contribution is 2.47. The summed E-state index contributed by atoms with van der Waals surface area (Å²) in [6, 6.07) is 1.90. The van der Waals surface area contributed by atoms with Crippen molar-refractivity contribution in [1.82, 2.24) is 9.80 Å². The van der Waals surface area contributed by atoms with Gasteiger partial charge in [-0.25, -0.2) is 0 Å². The molecule has 2 bridgehead atoms. The number of hydrogen-bond donors (Lipinski definition) is 0. The van der Waals surface area contributed by atoms with Gasteiger partial charge >= 0.3 is 0 Å². The lowest BCUT2D eigenvalue weighted by atomic mass is 9.91. The molecule has 0 radical (unpaired) electrons. The Morgan fingerprint density at radius 1 is 0.600 bits per heavy atom. The average Bonchev–Trinajstić information content (AvgIpc) is 3.02. The molecule has 2 nitrogen and oxygen atoms in total. The third-order valence-corrected chi connectivity index (χ3v) is 6.83. The fourth-order valence-corrected chi connectivity index (χ4v) is 5.70. The van der Waals surface area contributed by atoms with Crippen molar-refractivity contribution in [3.05, 3.63) is 0 Å². The van der Waals surface area contributed by atoms with Crippen LogP contribution in [0.4, 0.5) is 0 Å². The van der Waals surface area contributed by atoms with Gasteiger partial charge in [-0.15, -0.1) is 0 Å². The van der Waals surface area contributed by atoms with Crippen LogP contribution in [0.25, 0.3) is 0 Å². The largest absolute Gasteiger partial charge is 0.300 e. The minimum absolute atomic E-state index is 0.919. The molecule has 0 N–H and O–H groups in total. The molecule has 3 atom stereocenters. The normalized spacial score (nSPS) is 41.1. The van der Waals surface area contributed by atoms with Gasteiger partial charge in [0.25, 0.3) is 0 Å². The summed E-state index contributed by atoms with van der Waals surface area (Å²) in [7, 11) is 0. The van der Waals surface area contributed by atoms with E-state index < -0.39 is 0 Å². The molecule has 0 unspecified atom stereocenters. The molecule has 0 amide bonds. The summed E-state index contributed by atoms with van der Waals surface area (Å²) in [4.78, 5) is 5.73. The third-order valence-electron chi connectivity index (χ3n) is 6.83. The molecule has 0 spiro atoms. The van der Waals surface area contributed by atoms with Crippen LogP contribution in [0.2, 0.25) is 0 Å². The summed E-state index contributed by atoms with van der Waals surface area (Å²) in [6.07, 6.45) is 14.9. The number of nitrogens with zero attached hydrogens (tertiary/aromatic N) is 2. The van der Waals surface area contributed by atoms with E-state index in [1.807, 2.05) is 0 Å². The molecule has 20 heavy (non-hydrogen) atoms. The lowest BCUT2D eigenvalue weighted by Crippen LogP contribution is -2.49. The second-order valence-electron chi connectivity index (χ2n) is 7.96. The number of hydrogen-bond acceptors (Lipinski definition) is 2. The minimum atomic E-state index is 0.919. The highest BCUT2D eigenvalue weighted by molar-refractivity contribution is 4.97. The highest BCUT2D eigenvalue weighted by Gasteiger charge is 2.43. The minimum Gasteiger partial charge on any atom is -0.300 e. The van der Waals surface area contributed by atoms with E-state index in [0.29, 0.717) is 0 Å². The van der Waals surface area contributed by atoms with Crippen LogP contribution in [-0.4, -0.2) is 48.1 Å². The first kappa shape index (κ1) is 13.6. The fourth-order valence-electron chi connectivity index (χ4n) is 5.70. The van der Waals surface area contributed by atoms with Crippen molar-refractivity contribution in [3.63, 3.8) is 0 Å². The van der Waals surface area contributed by atoms with E-state index in [0.717, 1.165) is 23.9 Å². The van der Waals surface area contributed by atoms with Crippen LogP contribution in [0.3, 0.4) is 0 Å². The van der Waals surface area contributed by atoms with Crippen molar-refractivity contribution >= 4 is 0 Å². The molecular formula is C18H32N2. The summed E-state index contributed by atoms with van der Waals surface area (Å²) in [5, 5.41) is 0. The molecule has 4 rings (SSSR count). The van der Waals surface area contributed by atoms with Gasteiger partial charge in [0.05, 0.1) is 0 Å². The first-order chi connectivity index (χ1) is 9.90. The Morgan fingerprint density at radius 2 is 1.35 bits per heavy atom. The van der Waals surface area contributed by atoms with Crippen LogP contribution in [0, 0.1) is 11.8 Å². The molecule has 2 aliphatic carbocycles. The van der Waals surface area contributed by atoms with Gasteiger partial charge in [0.1, 0.15) is 0 Å². The molecule has 2 heteroatoms. The molecule has 2 saturated carbocycles. The summed E-state index contributed by atoms with van der Waals surface area (Å²) < 4.78 is 0. The first-order valence-corrected chi connectivity index (χ1v) is 9.38. The smallest absolute Gasteiger partial charge is 0.0126 e. The monoisotopic (exact) mass is 276 g/mol. The van der Waals surface area contributed by atoms with Crippen LogP contribution >= 0.6 is 0 Å². The first-order valence-electron chi connectivity index (χ1n) is 9.38. The molecular weight excluding hydrogens is 244 g/mol. The van der Waals surface area contributed by atoms with Crippen LogP contribution < -0.4 is 0 Å². The van der Waals surface area contributed by atoms with Crippen molar-refractivity contribution in [1.29, 1.82) is 0 Å². The maximum absolute atomic E-state index is 2.89. The van der Waals surface area contributed by atoms with Gasteiger partial charge in [-0.2, -0.15) is 0 Å². The predicted octanol–water partition coefficient (Wildman–Crippen LogP) is 3.52. The number of fused-ring (bicyclic) bond motifs is 2. The van der Waals surface area contributed by atoms with Crippen molar-refractivity contribution in [2.24, 2.45) is 11.8 Å². The van der Waals surface area contributed by atoms with E-state index in [9.17, 15) is 0 Å². The predicted molar refractivity (Wildman–Crippen MR) is 83.9 cm³/mol. The van der Waals surface area contributed by atoms with Crippen LogP contribution in [-0.2, 0) is 0 Å². The molecule has 2 heterocycles. The molecule has 114 valence electrons. The van der Waals surface area contributed by atoms with Crippen molar-refractivity contribution in [2.75, 3.05) is 26.2 Å². The quantitative estimate of drug-likeness (QED) is 0.761. The molecule has 2 aliphatic heterocycles. The Balaban J connectivity index is 1.29. The maximum atomic E-state index is 2.89. The maximum Gasteiger partial charge on any atom is 0.0126 e. The fraction of sp³-hybridized carbons (Fsp3) is 1.00. The molecule has 0 aromatic rings. The summed E-state index contributed by atoms with van der Waals surface area (Å²) in [5.41, 5.74) is 0. The van der Waals surface area contributed by atoms with E-state index in [1.165, 1.54) is 64.7 Å². The van der Waals surface area contributed by atoms with E-state index in [-0.39, 0.29) is 0 Å². The highest BCUT2D eigenvalue weighted by atomic mass is 15.2. The van der Waals surface area contributed by atoms with Crippen molar-refractivity contribution in [2.45, 2.75) is 76.3 Å². The summed E-state index contributed by atoms with van der Waals surface area (Å²) in [5.74, 6) is 2.18. The number of likely N-dealkylation sites (tertiary alicyclic amines) is 2. The third kappa shape index (κ3) is 2.66. The summed E-state index contributed by atoms with van der Waals surface area (Å²) in [6.45, 7) is 5.57. The standard InChI is InChI=1S/C18H32N2/c1-2-4-10-19(9-3-1)17-7-11-20(12-8-17)18-14-15-5-6-16(18)13-15/h15-18H,1-14H2/t15-,16-,18-/m1/s1. The van der Waals surface area contributed by atoms with Crippen molar-refractivity contribution in [3.8, 4) is 0 Å². The molecule has 0 aromatic carbocycles. The average molecular weight is 276 g/mol. The van der Waals surface area contributed by atoms with Gasteiger partial charge in [-0.1, -0.05) is 19.3 Å². The Bertz CT molecular complexity index is 313. The summed E-state index contributed by atoms with van der Waals surface area (Å²) >= 11 is 0. The van der Waals surface area contributed by atoms with Gasteiger partial charge in [-0.3, -0.25) is 4.90 Å². The van der Waals surface area contributed by atoms with E-state index in [1.54, 1.807) is 25.7 Å². The lowest BCUT2D eigenvalue weighted by Gasteiger charge is -2.42. The number of piperidine rings is 1. The Hall–Kier alpha value is -0.0800. The van der Waals surface area contributed by atoms with Gasteiger partial charge < -0.3 is 4.90 Å². The zero-order valence-corrected chi connectivity index (χ0v) is 13.1. The van der Waals surface area contributed by atoms with Crippen LogP contribution in [0.1, 0.15) is 64.2 Å². The second kappa shape index (κ2) is 5.96. The van der Waals surface area contributed by atoms with Gasteiger partial charge in [-0.05, 0) is 83.0 Å². The zero-order chi connectivity index (χ0) is 13.4. The molecule has 0 aromatic heterocycles.